The lowest BCUT2D eigenvalue weighted by Gasteiger charge is -2.49. The summed E-state index contributed by atoms with van der Waals surface area (Å²) in [5.41, 5.74) is 0.218. The molecule has 9 heteroatoms. The molecule has 7 nitrogen and oxygen atoms in total. The summed E-state index contributed by atoms with van der Waals surface area (Å²) in [7, 11) is -0.790. The van der Waals surface area contributed by atoms with E-state index in [4.69, 9.17) is 9.47 Å². The van der Waals surface area contributed by atoms with Crippen molar-refractivity contribution in [1.82, 2.24) is 4.90 Å². The predicted octanol–water partition coefficient (Wildman–Crippen LogP) is 5.33. The minimum absolute atomic E-state index is 0.115. The molecule has 1 saturated heterocycles. The molecule has 3 aromatic carbocycles. The zero-order chi connectivity index (χ0) is 28.3. The van der Waals surface area contributed by atoms with E-state index in [2.05, 4.69) is 4.90 Å². The molecule has 2 aliphatic rings. The average molecular weight is 569 g/mol. The van der Waals surface area contributed by atoms with Gasteiger partial charge in [0, 0.05) is 31.2 Å². The fourth-order valence-corrected chi connectivity index (χ4v) is 7.99. The Morgan fingerprint density at radius 2 is 1.57 bits per heavy atom. The van der Waals surface area contributed by atoms with E-state index in [9.17, 15) is 17.9 Å². The smallest absolute Gasteiger partial charge is 0.264 e. The molecule has 2 atom stereocenters. The summed E-state index contributed by atoms with van der Waals surface area (Å²) in [4.78, 5) is 2.49. The summed E-state index contributed by atoms with van der Waals surface area (Å²) in [5.74, 6) is 0.842. The van der Waals surface area contributed by atoms with E-state index in [0.717, 1.165) is 24.8 Å². The lowest BCUT2D eigenvalue weighted by atomic mass is 9.74. The third-order valence-electron chi connectivity index (χ3n) is 8.38. The quantitative estimate of drug-likeness (QED) is 0.396. The number of halogens is 1. The highest BCUT2D eigenvalue weighted by Crippen LogP contribution is 2.42. The zero-order valence-electron chi connectivity index (χ0n) is 23.0. The molecule has 0 radical (unpaired) electrons. The summed E-state index contributed by atoms with van der Waals surface area (Å²) >= 11 is 0. The highest BCUT2D eigenvalue weighted by atomic mass is 32.2. The largest absolute Gasteiger partial charge is 0.497 e. The molecule has 2 fully saturated rings. The second kappa shape index (κ2) is 11.8. The molecule has 0 amide bonds. The molecule has 214 valence electrons. The van der Waals surface area contributed by atoms with Crippen LogP contribution in [0, 0.1) is 5.82 Å². The van der Waals surface area contributed by atoms with Crippen LogP contribution in [-0.4, -0.2) is 57.8 Å². The molecule has 0 spiro atoms. The van der Waals surface area contributed by atoms with Gasteiger partial charge in [-0.1, -0.05) is 31.0 Å². The van der Waals surface area contributed by atoms with E-state index >= 15 is 0 Å². The van der Waals surface area contributed by atoms with E-state index in [-0.39, 0.29) is 22.8 Å². The van der Waals surface area contributed by atoms with Crippen molar-refractivity contribution in [3.05, 3.63) is 84.2 Å². The van der Waals surface area contributed by atoms with Crippen molar-refractivity contribution in [3.63, 3.8) is 0 Å². The minimum Gasteiger partial charge on any atom is -0.497 e. The van der Waals surface area contributed by atoms with Gasteiger partial charge in [-0.2, -0.15) is 0 Å². The molecular weight excluding hydrogens is 531 g/mol. The van der Waals surface area contributed by atoms with Gasteiger partial charge in [0.2, 0.25) is 0 Å². The van der Waals surface area contributed by atoms with Crippen LogP contribution in [0.1, 0.15) is 44.1 Å². The number of nitrogens with zero attached hydrogens (tertiary/aromatic N) is 2. The molecule has 1 aliphatic heterocycles. The molecule has 0 aromatic heterocycles. The number of ether oxygens (including phenoxy) is 2. The van der Waals surface area contributed by atoms with Crippen molar-refractivity contribution in [2.45, 2.75) is 61.1 Å². The third kappa shape index (κ3) is 5.55. The maximum Gasteiger partial charge on any atom is 0.264 e. The van der Waals surface area contributed by atoms with Gasteiger partial charge in [0.25, 0.3) is 10.0 Å². The molecule has 1 aliphatic carbocycles. The van der Waals surface area contributed by atoms with Crippen molar-refractivity contribution >= 4 is 15.7 Å². The fraction of sp³-hybridized carbons (Fsp3) is 0.419. The number of aliphatic hydroxyl groups is 1. The van der Waals surface area contributed by atoms with Crippen LogP contribution in [0.3, 0.4) is 0 Å². The first-order valence-electron chi connectivity index (χ1n) is 13.8. The molecule has 1 N–H and O–H groups in total. The molecular formula is C31H37FN2O5S. The highest BCUT2D eigenvalue weighted by molar-refractivity contribution is 7.92. The summed E-state index contributed by atoms with van der Waals surface area (Å²) < 4.78 is 54.0. The van der Waals surface area contributed by atoms with Crippen LogP contribution in [-0.2, 0) is 15.6 Å². The zero-order valence-corrected chi connectivity index (χ0v) is 23.8. The van der Waals surface area contributed by atoms with E-state index in [1.54, 1.807) is 74.9 Å². The Morgan fingerprint density at radius 1 is 0.900 bits per heavy atom. The van der Waals surface area contributed by atoms with Crippen LogP contribution in [0.4, 0.5) is 10.1 Å². The van der Waals surface area contributed by atoms with Gasteiger partial charge in [0.05, 0.1) is 24.8 Å². The maximum atomic E-state index is 14.1. The summed E-state index contributed by atoms with van der Waals surface area (Å²) in [6, 6.07) is 19.4. The Bertz CT molecular complexity index is 1390. The molecule has 3 aromatic rings. The van der Waals surface area contributed by atoms with Crippen LogP contribution < -0.4 is 13.8 Å². The lowest BCUT2D eigenvalue weighted by molar-refractivity contribution is -0.0849. The van der Waals surface area contributed by atoms with E-state index in [1.807, 2.05) is 0 Å². The van der Waals surface area contributed by atoms with Gasteiger partial charge in [0.1, 0.15) is 22.9 Å². The van der Waals surface area contributed by atoms with Gasteiger partial charge in [-0.15, -0.1) is 0 Å². The summed E-state index contributed by atoms with van der Waals surface area (Å²) in [6.45, 7) is 1.27. The third-order valence-corrected chi connectivity index (χ3v) is 10.3. The van der Waals surface area contributed by atoms with E-state index in [1.165, 1.54) is 16.4 Å². The van der Waals surface area contributed by atoms with Crippen LogP contribution in [0.5, 0.6) is 11.5 Å². The fourth-order valence-electron chi connectivity index (χ4n) is 6.28. The molecule has 0 bridgehead atoms. The standard InChI is InChI=1S/C31H37FN2O5S/c1-38-27-13-15-29(16-14-27)40(36,37)34(26-6-5-7-28(22-26)39-2)25-17-20-33(21-18-25)30-8-3-4-19-31(30,35)23-9-11-24(32)12-10-23/h5-7,9-16,22,25,30,35H,3-4,8,17-21H2,1-2H3. The Hall–Kier alpha value is -3.14. The molecule has 1 heterocycles. The maximum absolute atomic E-state index is 14.1. The van der Waals surface area contributed by atoms with Crippen molar-refractivity contribution in [2.75, 3.05) is 31.6 Å². The molecule has 1 saturated carbocycles. The predicted molar refractivity (Wildman–Crippen MR) is 153 cm³/mol. The first kappa shape index (κ1) is 28.4. The molecule has 2 unspecified atom stereocenters. The Balaban J connectivity index is 1.42. The number of benzene rings is 3. The Kier molecular flexibility index (Phi) is 8.35. The number of sulfonamides is 1. The number of methoxy groups -OCH3 is 2. The van der Waals surface area contributed by atoms with Crippen molar-refractivity contribution < 1.29 is 27.4 Å². The second-order valence-electron chi connectivity index (χ2n) is 10.6. The summed E-state index contributed by atoms with van der Waals surface area (Å²) in [6.07, 6.45) is 4.57. The molecule has 40 heavy (non-hydrogen) atoms. The molecule has 5 rings (SSSR count). The highest BCUT2D eigenvalue weighted by Gasteiger charge is 2.45. The number of rotatable bonds is 8. The van der Waals surface area contributed by atoms with Crippen LogP contribution in [0.25, 0.3) is 0 Å². The average Bonchev–Trinajstić information content (AvgIpc) is 2.98. The van der Waals surface area contributed by atoms with Gasteiger partial charge >= 0.3 is 0 Å². The van der Waals surface area contributed by atoms with Crippen molar-refractivity contribution in [3.8, 4) is 11.5 Å². The topological polar surface area (TPSA) is 79.3 Å². The van der Waals surface area contributed by atoms with Crippen molar-refractivity contribution in [2.24, 2.45) is 0 Å². The van der Waals surface area contributed by atoms with Crippen molar-refractivity contribution in [1.29, 1.82) is 0 Å². The summed E-state index contributed by atoms with van der Waals surface area (Å²) in [5, 5.41) is 11.9. The van der Waals surface area contributed by atoms with Gasteiger partial charge in [-0.3, -0.25) is 9.21 Å². The SMILES string of the molecule is COc1ccc(S(=O)(=O)N(c2cccc(OC)c2)C2CCN(C3CCCCC3(O)c3ccc(F)cc3)CC2)cc1. The number of hydrogen-bond acceptors (Lipinski definition) is 6. The number of piperidine rings is 1. The first-order valence-corrected chi connectivity index (χ1v) is 15.3. The lowest BCUT2D eigenvalue weighted by Crippen LogP contribution is -2.57. The monoisotopic (exact) mass is 568 g/mol. The first-order chi connectivity index (χ1) is 19.3. The van der Waals surface area contributed by atoms with E-state index < -0.39 is 15.6 Å². The number of anilines is 1. The van der Waals surface area contributed by atoms with Crippen LogP contribution >= 0.6 is 0 Å². The number of hydrogen-bond donors (Lipinski definition) is 1. The Morgan fingerprint density at radius 3 is 2.23 bits per heavy atom. The minimum atomic E-state index is -3.90. The Labute approximate surface area is 236 Å². The van der Waals surface area contributed by atoms with E-state index in [0.29, 0.717) is 49.5 Å². The van der Waals surface area contributed by atoms with Gasteiger partial charge < -0.3 is 14.6 Å². The van der Waals surface area contributed by atoms with Gasteiger partial charge in [-0.05, 0) is 79.8 Å². The van der Waals surface area contributed by atoms with Gasteiger partial charge in [-0.25, -0.2) is 12.8 Å². The van der Waals surface area contributed by atoms with Gasteiger partial charge in [0.15, 0.2) is 0 Å². The number of likely N-dealkylation sites (tertiary alicyclic amines) is 1. The normalized spacial score (nSPS) is 22.6. The second-order valence-corrected chi connectivity index (χ2v) is 12.5. The van der Waals surface area contributed by atoms with Crippen LogP contribution in [0.15, 0.2) is 77.7 Å². The van der Waals surface area contributed by atoms with Crippen LogP contribution in [0.2, 0.25) is 0 Å².